The van der Waals surface area contributed by atoms with Gasteiger partial charge in [-0.25, -0.2) is 4.39 Å². The first-order chi connectivity index (χ1) is 9.56. The lowest BCUT2D eigenvalue weighted by atomic mass is 10.1. The predicted molar refractivity (Wildman–Crippen MR) is 81.5 cm³/mol. The Morgan fingerprint density at radius 3 is 2.75 bits per heavy atom. The Kier molecular flexibility index (Phi) is 4.39. The molecule has 3 N–H and O–H groups in total. The van der Waals surface area contributed by atoms with Crippen LogP contribution in [0.4, 0.5) is 9.39 Å². The first kappa shape index (κ1) is 14.5. The van der Waals surface area contributed by atoms with Gasteiger partial charge in [0, 0.05) is 17.0 Å². The number of anilines is 1. The summed E-state index contributed by atoms with van der Waals surface area (Å²) < 4.78 is 13.9. The summed E-state index contributed by atoms with van der Waals surface area (Å²) in [4.78, 5) is 12.8. The fourth-order valence-corrected chi connectivity index (χ4v) is 3.15. The number of hydrogen-bond acceptors (Lipinski definition) is 3. The van der Waals surface area contributed by atoms with Gasteiger partial charge in [0.25, 0.3) is 5.91 Å². The molecule has 0 unspecified atom stereocenters. The Labute approximate surface area is 121 Å². The van der Waals surface area contributed by atoms with Crippen LogP contribution in [-0.2, 0) is 0 Å². The van der Waals surface area contributed by atoms with Gasteiger partial charge in [-0.1, -0.05) is 25.1 Å². The number of carbonyl (C=O) groups excluding carboxylic acids is 1. The van der Waals surface area contributed by atoms with Crippen molar-refractivity contribution in [2.45, 2.75) is 20.3 Å². The topological polar surface area (TPSA) is 55.1 Å². The normalized spacial score (nSPS) is 10.6. The van der Waals surface area contributed by atoms with Crippen LogP contribution in [0.3, 0.4) is 0 Å². The molecule has 1 amide bonds. The highest BCUT2D eigenvalue weighted by Crippen LogP contribution is 2.39. The third kappa shape index (κ3) is 2.67. The molecule has 2 rings (SSSR count). The molecule has 106 valence electrons. The highest BCUT2D eigenvalue weighted by molar-refractivity contribution is 7.19. The van der Waals surface area contributed by atoms with Gasteiger partial charge in [0.05, 0.1) is 10.6 Å². The van der Waals surface area contributed by atoms with E-state index < -0.39 is 0 Å². The molecule has 0 saturated heterocycles. The zero-order chi connectivity index (χ0) is 14.7. The summed E-state index contributed by atoms with van der Waals surface area (Å²) in [5, 5.41) is 3.23. The molecule has 1 aromatic carbocycles. The van der Waals surface area contributed by atoms with Crippen LogP contribution in [0.25, 0.3) is 10.4 Å². The molecule has 0 atom stereocenters. The molecule has 0 radical (unpaired) electrons. The highest BCUT2D eigenvalue weighted by Gasteiger charge is 2.21. The zero-order valence-electron chi connectivity index (χ0n) is 11.5. The minimum atomic E-state index is -0.308. The number of benzene rings is 1. The van der Waals surface area contributed by atoms with Gasteiger partial charge in [-0.2, -0.15) is 0 Å². The van der Waals surface area contributed by atoms with E-state index in [0.717, 1.165) is 12.0 Å². The summed E-state index contributed by atoms with van der Waals surface area (Å²) in [6, 6.07) is 6.51. The molecule has 2 aromatic rings. The van der Waals surface area contributed by atoms with Crippen molar-refractivity contribution in [3.8, 4) is 10.4 Å². The molecule has 0 aliphatic heterocycles. The van der Waals surface area contributed by atoms with Crippen molar-refractivity contribution < 1.29 is 9.18 Å². The number of amides is 1. The Hall–Kier alpha value is -1.88. The van der Waals surface area contributed by atoms with E-state index in [2.05, 4.69) is 5.32 Å². The van der Waals surface area contributed by atoms with Gasteiger partial charge < -0.3 is 11.1 Å². The molecule has 0 aliphatic rings. The maximum Gasteiger partial charge on any atom is 0.254 e. The van der Waals surface area contributed by atoms with E-state index in [4.69, 9.17) is 5.73 Å². The summed E-state index contributed by atoms with van der Waals surface area (Å²) in [6.07, 6.45) is 0.856. The number of nitrogen functional groups attached to an aromatic ring is 1. The van der Waals surface area contributed by atoms with Gasteiger partial charge in [0.2, 0.25) is 0 Å². The molecule has 0 bridgehead atoms. The van der Waals surface area contributed by atoms with E-state index in [0.29, 0.717) is 27.5 Å². The third-order valence-corrected chi connectivity index (χ3v) is 4.21. The van der Waals surface area contributed by atoms with Crippen molar-refractivity contribution in [2.24, 2.45) is 0 Å². The monoisotopic (exact) mass is 292 g/mol. The fourth-order valence-electron chi connectivity index (χ4n) is 2.05. The molecule has 20 heavy (non-hydrogen) atoms. The Balaban J connectivity index is 2.44. The predicted octanol–water partition coefficient (Wildman–Crippen LogP) is 3.58. The number of thiophene rings is 1. The number of nitrogens with two attached hydrogens (primary N) is 1. The maximum atomic E-state index is 13.9. The quantitative estimate of drug-likeness (QED) is 0.905. The summed E-state index contributed by atoms with van der Waals surface area (Å²) in [5.74, 6) is -0.502. The van der Waals surface area contributed by atoms with Crippen LogP contribution in [0.15, 0.2) is 24.3 Å². The Morgan fingerprint density at radius 2 is 2.10 bits per heavy atom. The lowest BCUT2D eigenvalue weighted by molar-refractivity contribution is 0.0954. The van der Waals surface area contributed by atoms with Gasteiger partial charge in [0.1, 0.15) is 5.82 Å². The molecule has 0 spiro atoms. The van der Waals surface area contributed by atoms with Crippen LogP contribution in [0, 0.1) is 12.7 Å². The number of carbonyl (C=O) groups is 1. The zero-order valence-corrected chi connectivity index (χ0v) is 12.3. The average molecular weight is 292 g/mol. The Morgan fingerprint density at radius 1 is 1.40 bits per heavy atom. The number of nitrogens with one attached hydrogen (secondary N) is 1. The fraction of sp³-hybridized carbons (Fsp3) is 0.267. The second-order valence-electron chi connectivity index (χ2n) is 4.53. The highest BCUT2D eigenvalue weighted by atomic mass is 32.1. The van der Waals surface area contributed by atoms with E-state index in [1.807, 2.05) is 6.92 Å². The molecule has 1 aromatic heterocycles. The Bertz CT molecular complexity index is 637. The number of hydrogen-bond donors (Lipinski definition) is 2. The van der Waals surface area contributed by atoms with Gasteiger partial charge in [0.15, 0.2) is 0 Å². The van der Waals surface area contributed by atoms with Crippen LogP contribution in [0.2, 0.25) is 0 Å². The number of halogens is 1. The number of rotatable bonds is 4. The van der Waals surface area contributed by atoms with Crippen molar-refractivity contribution in [3.05, 3.63) is 41.2 Å². The second kappa shape index (κ2) is 6.05. The van der Waals surface area contributed by atoms with Crippen LogP contribution in [0.5, 0.6) is 0 Å². The summed E-state index contributed by atoms with van der Waals surface area (Å²) in [6.45, 7) is 4.38. The van der Waals surface area contributed by atoms with Crippen LogP contribution >= 0.6 is 11.3 Å². The van der Waals surface area contributed by atoms with Crippen molar-refractivity contribution in [3.63, 3.8) is 0 Å². The van der Waals surface area contributed by atoms with E-state index in [-0.39, 0.29) is 11.7 Å². The first-order valence-electron chi connectivity index (χ1n) is 6.48. The molecule has 3 nitrogen and oxygen atoms in total. The minimum absolute atomic E-state index is 0.194. The lowest BCUT2D eigenvalue weighted by Crippen LogP contribution is -2.24. The van der Waals surface area contributed by atoms with Crippen LogP contribution in [-0.4, -0.2) is 12.5 Å². The summed E-state index contributed by atoms with van der Waals surface area (Å²) in [5.41, 5.74) is 7.61. The maximum absolute atomic E-state index is 13.9. The average Bonchev–Trinajstić information content (AvgIpc) is 2.72. The summed E-state index contributed by atoms with van der Waals surface area (Å²) >= 11 is 1.25. The van der Waals surface area contributed by atoms with Gasteiger partial charge in [-0.3, -0.25) is 4.79 Å². The molecular formula is C15H17FN2OS. The molecule has 0 fully saturated rings. The molecule has 0 aliphatic carbocycles. The van der Waals surface area contributed by atoms with Crippen molar-refractivity contribution >= 4 is 22.2 Å². The smallest absolute Gasteiger partial charge is 0.254 e. The van der Waals surface area contributed by atoms with Gasteiger partial charge in [-0.15, -0.1) is 11.3 Å². The van der Waals surface area contributed by atoms with Crippen molar-refractivity contribution in [1.82, 2.24) is 5.32 Å². The molecular weight excluding hydrogens is 275 g/mol. The van der Waals surface area contributed by atoms with Crippen molar-refractivity contribution in [2.75, 3.05) is 12.3 Å². The van der Waals surface area contributed by atoms with Gasteiger partial charge in [-0.05, 0) is 25.0 Å². The second-order valence-corrected chi connectivity index (χ2v) is 5.58. The standard InChI is InChI=1S/C15H17FN2OS/c1-3-8-18-15(19)12-9(2)13(20-14(12)17)10-6-4-5-7-11(10)16/h4-7H,3,8,17H2,1-2H3,(H,18,19). The SMILES string of the molecule is CCCNC(=O)c1c(N)sc(-c2ccccc2F)c1C. The minimum Gasteiger partial charge on any atom is -0.390 e. The molecule has 5 heteroatoms. The third-order valence-electron chi connectivity index (χ3n) is 3.06. The summed E-state index contributed by atoms with van der Waals surface area (Å²) in [7, 11) is 0. The van der Waals surface area contributed by atoms with E-state index in [1.165, 1.54) is 17.4 Å². The molecule has 1 heterocycles. The van der Waals surface area contributed by atoms with E-state index >= 15 is 0 Å². The van der Waals surface area contributed by atoms with Crippen LogP contribution in [0.1, 0.15) is 29.3 Å². The largest absolute Gasteiger partial charge is 0.390 e. The first-order valence-corrected chi connectivity index (χ1v) is 7.29. The van der Waals surface area contributed by atoms with Crippen LogP contribution < -0.4 is 11.1 Å². The van der Waals surface area contributed by atoms with Crippen molar-refractivity contribution in [1.29, 1.82) is 0 Å². The molecule has 0 saturated carbocycles. The van der Waals surface area contributed by atoms with E-state index in [1.54, 1.807) is 25.1 Å². The van der Waals surface area contributed by atoms with E-state index in [9.17, 15) is 9.18 Å². The lowest BCUT2D eigenvalue weighted by Gasteiger charge is -2.05. The van der Waals surface area contributed by atoms with Gasteiger partial charge >= 0.3 is 0 Å².